The van der Waals surface area contributed by atoms with Gasteiger partial charge < -0.3 is 10.6 Å². The lowest BCUT2D eigenvalue weighted by Crippen LogP contribution is -2.37. The SMILES string of the molecule is C[C@H]1CCCN1C(N)=S. The van der Waals surface area contributed by atoms with Crippen molar-refractivity contribution in [2.45, 2.75) is 25.8 Å². The van der Waals surface area contributed by atoms with Gasteiger partial charge in [0.05, 0.1) is 0 Å². The van der Waals surface area contributed by atoms with Gasteiger partial charge in [-0.3, -0.25) is 0 Å². The van der Waals surface area contributed by atoms with E-state index in [4.69, 9.17) is 18.0 Å². The molecular weight excluding hydrogens is 132 g/mol. The van der Waals surface area contributed by atoms with Crippen molar-refractivity contribution in [2.24, 2.45) is 5.73 Å². The Morgan fingerprint density at radius 1 is 1.78 bits per heavy atom. The fourth-order valence-corrected chi connectivity index (χ4v) is 1.53. The van der Waals surface area contributed by atoms with Crippen LogP contribution in [0.15, 0.2) is 0 Å². The minimum atomic E-state index is 0.556. The molecule has 52 valence electrons. The molecule has 0 spiro atoms. The van der Waals surface area contributed by atoms with Gasteiger partial charge in [0.15, 0.2) is 5.11 Å². The highest BCUT2D eigenvalue weighted by Gasteiger charge is 2.20. The maximum atomic E-state index is 5.45. The molecule has 1 heterocycles. The van der Waals surface area contributed by atoms with Crippen LogP contribution in [0.4, 0.5) is 0 Å². The van der Waals surface area contributed by atoms with E-state index < -0.39 is 0 Å². The molecule has 1 rings (SSSR count). The Bertz CT molecular complexity index is 124. The van der Waals surface area contributed by atoms with Crippen LogP contribution in [0, 0.1) is 0 Å². The second-order valence-corrected chi connectivity index (χ2v) is 2.94. The van der Waals surface area contributed by atoms with Crippen LogP contribution < -0.4 is 5.73 Å². The molecular formula is C6H12N2S. The van der Waals surface area contributed by atoms with E-state index in [0.29, 0.717) is 11.2 Å². The predicted molar refractivity (Wildman–Crippen MR) is 42.2 cm³/mol. The largest absolute Gasteiger partial charge is 0.376 e. The van der Waals surface area contributed by atoms with Crippen molar-refractivity contribution in [2.75, 3.05) is 6.54 Å². The molecule has 0 bridgehead atoms. The standard InChI is InChI=1S/C6H12N2S/c1-5-3-2-4-8(5)6(7)9/h5H,2-4H2,1H3,(H2,7,9)/t5-/m0/s1. The molecule has 0 saturated carbocycles. The van der Waals surface area contributed by atoms with Crippen LogP contribution >= 0.6 is 12.2 Å². The Morgan fingerprint density at radius 3 is 2.67 bits per heavy atom. The molecule has 0 aromatic heterocycles. The summed E-state index contributed by atoms with van der Waals surface area (Å²) < 4.78 is 0. The molecule has 1 aliphatic rings. The summed E-state index contributed by atoms with van der Waals surface area (Å²) in [7, 11) is 0. The molecule has 0 aliphatic carbocycles. The van der Waals surface area contributed by atoms with Gasteiger partial charge in [-0.25, -0.2) is 0 Å². The van der Waals surface area contributed by atoms with Crippen LogP contribution in [0.2, 0.25) is 0 Å². The summed E-state index contributed by atoms with van der Waals surface area (Å²) in [5, 5.41) is 0.556. The van der Waals surface area contributed by atoms with Crippen molar-refractivity contribution in [3.8, 4) is 0 Å². The van der Waals surface area contributed by atoms with Gasteiger partial charge in [0.25, 0.3) is 0 Å². The van der Waals surface area contributed by atoms with E-state index in [-0.39, 0.29) is 0 Å². The van der Waals surface area contributed by atoms with E-state index in [2.05, 4.69) is 11.8 Å². The lowest BCUT2D eigenvalue weighted by Gasteiger charge is -2.20. The molecule has 0 aromatic rings. The van der Waals surface area contributed by atoms with E-state index >= 15 is 0 Å². The minimum Gasteiger partial charge on any atom is -0.376 e. The van der Waals surface area contributed by atoms with Crippen LogP contribution in [0.1, 0.15) is 19.8 Å². The van der Waals surface area contributed by atoms with Gasteiger partial charge in [-0.2, -0.15) is 0 Å². The number of hydrogen-bond acceptors (Lipinski definition) is 1. The first-order valence-corrected chi connectivity index (χ1v) is 3.68. The fourth-order valence-electron chi connectivity index (χ4n) is 1.26. The zero-order valence-corrected chi connectivity index (χ0v) is 6.45. The maximum absolute atomic E-state index is 5.45. The second-order valence-electron chi connectivity index (χ2n) is 2.52. The second kappa shape index (κ2) is 2.52. The first-order valence-electron chi connectivity index (χ1n) is 3.28. The molecule has 0 radical (unpaired) electrons. The average Bonchev–Trinajstić information content (AvgIpc) is 2.13. The first kappa shape index (κ1) is 6.81. The normalized spacial score (nSPS) is 26.8. The number of thiocarbonyl (C=S) groups is 1. The lowest BCUT2D eigenvalue weighted by molar-refractivity contribution is 0.418. The summed E-state index contributed by atoms with van der Waals surface area (Å²) in [6.45, 7) is 3.21. The highest BCUT2D eigenvalue weighted by atomic mass is 32.1. The molecule has 9 heavy (non-hydrogen) atoms. The smallest absolute Gasteiger partial charge is 0.166 e. The molecule has 1 fully saturated rings. The van der Waals surface area contributed by atoms with Crippen LogP contribution in [-0.4, -0.2) is 22.6 Å². The zero-order valence-electron chi connectivity index (χ0n) is 5.63. The van der Waals surface area contributed by atoms with Crippen molar-refractivity contribution in [1.82, 2.24) is 4.90 Å². The van der Waals surface area contributed by atoms with Crippen molar-refractivity contribution < 1.29 is 0 Å². The van der Waals surface area contributed by atoms with Crippen LogP contribution in [0.25, 0.3) is 0 Å². The quantitative estimate of drug-likeness (QED) is 0.508. The van der Waals surface area contributed by atoms with Crippen molar-refractivity contribution >= 4 is 17.3 Å². The molecule has 2 N–H and O–H groups in total. The zero-order chi connectivity index (χ0) is 6.85. The Hall–Kier alpha value is -0.310. The minimum absolute atomic E-state index is 0.556. The number of likely N-dealkylation sites (tertiary alicyclic amines) is 1. The Morgan fingerprint density at radius 2 is 2.44 bits per heavy atom. The number of nitrogens with zero attached hydrogens (tertiary/aromatic N) is 1. The van der Waals surface area contributed by atoms with Gasteiger partial charge >= 0.3 is 0 Å². The van der Waals surface area contributed by atoms with Crippen molar-refractivity contribution in [1.29, 1.82) is 0 Å². The first-order chi connectivity index (χ1) is 4.22. The predicted octanol–water partition coefficient (Wildman–Crippen LogP) is 0.714. The van der Waals surface area contributed by atoms with Crippen molar-refractivity contribution in [3.05, 3.63) is 0 Å². The fraction of sp³-hybridized carbons (Fsp3) is 0.833. The number of nitrogens with two attached hydrogens (primary N) is 1. The van der Waals surface area contributed by atoms with Gasteiger partial charge in [-0.05, 0) is 32.0 Å². The summed E-state index contributed by atoms with van der Waals surface area (Å²) in [6, 6.07) is 0.572. The van der Waals surface area contributed by atoms with E-state index in [1.54, 1.807) is 0 Å². The molecule has 0 amide bonds. The van der Waals surface area contributed by atoms with Gasteiger partial charge in [0, 0.05) is 12.6 Å². The molecule has 0 unspecified atom stereocenters. The third-order valence-electron chi connectivity index (χ3n) is 1.84. The molecule has 1 saturated heterocycles. The monoisotopic (exact) mass is 144 g/mol. The van der Waals surface area contributed by atoms with E-state index in [0.717, 1.165) is 6.54 Å². The maximum Gasteiger partial charge on any atom is 0.166 e. The van der Waals surface area contributed by atoms with E-state index in [1.165, 1.54) is 12.8 Å². The topological polar surface area (TPSA) is 29.3 Å². The third-order valence-corrected chi connectivity index (χ3v) is 2.07. The van der Waals surface area contributed by atoms with Gasteiger partial charge in [-0.15, -0.1) is 0 Å². The summed E-state index contributed by atoms with van der Waals surface area (Å²) >= 11 is 4.84. The third kappa shape index (κ3) is 1.33. The van der Waals surface area contributed by atoms with Gasteiger partial charge in [0.2, 0.25) is 0 Å². The molecule has 2 nitrogen and oxygen atoms in total. The molecule has 1 atom stereocenters. The van der Waals surface area contributed by atoms with Crippen LogP contribution in [-0.2, 0) is 0 Å². The van der Waals surface area contributed by atoms with E-state index in [1.807, 2.05) is 0 Å². The van der Waals surface area contributed by atoms with Crippen LogP contribution in [0.5, 0.6) is 0 Å². The van der Waals surface area contributed by atoms with Crippen molar-refractivity contribution in [3.63, 3.8) is 0 Å². The highest BCUT2D eigenvalue weighted by molar-refractivity contribution is 7.80. The summed E-state index contributed by atoms with van der Waals surface area (Å²) in [5.41, 5.74) is 5.45. The summed E-state index contributed by atoms with van der Waals surface area (Å²) in [6.07, 6.45) is 2.47. The Kier molecular flexibility index (Phi) is 1.90. The number of rotatable bonds is 0. The highest BCUT2D eigenvalue weighted by Crippen LogP contribution is 2.15. The average molecular weight is 144 g/mol. The summed E-state index contributed by atoms with van der Waals surface area (Å²) in [4.78, 5) is 2.08. The summed E-state index contributed by atoms with van der Waals surface area (Å²) in [5.74, 6) is 0. The molecule has 3 heteroatoms. The Balaban J connectivity index is 2.49. The molecule has 1 aliphatic heterocycles. The van der Waals surface area contributed by atoms with Gasteiger partial charge in [-0.1, -0.05) is 0 Å². The van der Waals surface area contributed by atoms with Gasteiger partial charge in [0.1, 0.15) is 0 Å². The van der Waals surface area contributed by atoms with Crippen LogP contribution in [0.3, 0.4) is 0 Å². The van der Waals surface area contributed by atoms with E-state index in [9.17, 15) is 0 Å². The Labute approximate surface area is 61.0 Å². The molecule has 0 aromatic carbocycles. The lowest BCUT2D eigenvalue weighted by atomic mass is 10.2. The number of hydrogen-bond donors (Lipinski definition) is 1.